The molecule has 0 aromatic heterocycles. The van der Waals surface area contributed by atoms with Crippen LogP contribution in [0.2, 0.25) is 0 Å². The molecule has 2 fully saturated rings. The van der Waals surface area contributed by atoms with Crippen LogP contribution in [0.4, 0.5) is 0 Å². The highest BCUT2D eigenvalue weighted by Gasteiger charge is 2.51. The molecule has 2 aliphatic rings. The molecule has 2 rings (SSSR count). The lowest BCUT2D eigenvalue weighted by atomic mass is 9.97. The van der Waals surface area contributed by atoms with Crippen LogP contribution in [0, 0.1) is 0 Å². The van der Waals surface area contributed by atoms with Crippen molar-refractivity contribution < 1.29 is 64.6 Å². The van der Waals surface area contributed by atoms with Crippen LogP contribution in [0.15, 0.2) is 0 Å². The van der Waals surface area contributed by atoms with Gasteiger partial charge in [-0.2, -0.15) is 0 Å². The molecule has 0 saturated carbocycles. The Kier molecular flexibility index (Phi) is 55.5. The van der Waals surface area contributed by atoms with E-state index in [4.69, 9.17) is 18.9 Å². The van der Waals surface area contributed by atoms with Gasteiger partial charge in [-0.05, 0) is 12.8 Å². The number of unbranched alkanes of at least 4 members (excludes halogenated alkanes) is 51. The standard InChI is InChI=1S/C73H143NO13/c1-3-5-7-9-11-13-15-17-19-21-23-24-25-26-27-28-29-30-31-32-33-34-35-36-37-39-41-43-45-47-49-51-53-55-57-65(78)74-61(62(77)56-54-52-50-48-46-44-42-40-38-22-20-18-16-14-12-10-8-6-4-2)60-84-72-70(83)68(81)71(64(59-76)86-72)87-73-69(82)67(80)66(79)63(58-75)85-73/h61-64,66-73,75-77,79-83H,3-60H2,1-2H3,(H,74,78). The number of amides is 1. The van der Waals surface area contributed by atoms with E-state index in [0.29, 0.717) is 12.8 Å². The van der Waals surface area contributed by atoms with Crippen LogP contribution in [0.5, 0.6) is 0 Å². The van der Waals surface area contributed by atoms with Gasteiger partial charge in [-0.25, -0.2) is 0 Å². The van der Waals surface area contributed by atoms with E-state index >= 15 is 0 Å². The van der Waals surface area contributed by atoms with E-state index in [1.807, 2.05) is 0 Å². The van der Waals surface area contributed by atoms with Crippen LogP contribution in [0.25, 0.3) is 0 Å². The van der Waals surface area contributed by atoms with Gasteiger partial charge in [0.05, 0.1) is 32.0 Å². The first-order valence-electron chi connectivity index (χ1n) is 37.8. The summed E-state index contributed by atoms with van der Waals surface area (Å²) >= 11 is 0. The zero-order valence-corrected chi connectivity index (χ0v) is 56.6. The van der Waals surface area contributed by atoms with Crippen LogP contribution >= 0.6 is 0 Å². The number of rotatable bonds is 64. The highest BCUT2D eigenvalue weighted by atomic mass is 16.7. The van der Waals surface area contributed by atoms with Crippen LogP contribution in [-0.4, -0.2) is 140 Å². The molecule has 14 heteroatoms. The van der Waals surface area contributed by atoms with Gasteiger partial charge < -0.3 is 65.1 Å². The topological polar surface area (TPSA) is 228 Å². The summed E-state index contributed by atoms with van der Waals surface area (Å²) in [5, 5.41) is 87.7. The molecule has 0 aliphatic carbocycles. The Morgan fingerprint density at radius 3 is 0.977 bits per heavy atom. The Bertz CT molecular complexity index is 1460. The number of aliphatic hydroxyl groups is 8. The smallest absolute Gasteiger partial charge is 0.220 e. The minimum absolute atomic E-state index is 0.196. The Hall–Kier alpha value is -1.01. The van der Waals surface area contributed by atoms with E-state index in [-0.39, 0.29) is 12.5 Å². The van der Waals surface area contributed by atoms with E-state index in [2.05, 4.69) is 19.2 Å². The normalized spacial score (nSPS) is 23.1. The molecule has 12 unspecified atom stereocenters. The van der Waals surface area contributed by atoms with Crippen LogP contribution in [-0.2, 0) is 23.7 Å². The number of ether oxygens (including phenoxy) is 4. The highest BCUT2D eigenvalue weighted by Crippen LogP contribution is 2.30. The molecule has 14 nitrogen and oxygen atoms in total. The number of hydrogen-bond donors (Lipinski definition) is 9. The lowest BCUT2D eigenvalue weighted by Crippen LogP contribution is -2.65. The molecule has 1 amide bonds. The molecule has 2 heterocycles. The van der Waals surface area contributed by atoms with Gasteiger partial charge in [0, 0.05) is 6.42 Å². The fraction of sp³-hybridized carbons (Fsp3) is 0.986. The minimum atomic E-state index is -1.78. The van der Waals surface area contributed by atoms with Crippen molar-refractivity contribution in [2.45, 2.75) is 441 Å². The van der Waals surface area contributed by atoms with Crippen LogP contribution in [0.1, 0.15) is 367 Å². The third kappa shape index (κ3) is 42.8. The van der Waals surface area contributed by atoms with Crippen LogP contribution < -0.4 is 5.32 Å². The summed E-state index contributed by atoms with van der Waals surface area (Å²) in [6, 6.07) is -0.824. The third-order valence-corrected chi connectivity index (χ3v) is 19.1. The molecule has 0 radical (unpaired) electrons. The van der Waals surface area contributed by atoms with Gasteiger partial charge in [0.1, 0.15) is 48.8 Å². The summed E-state index contributed by atoms with van der Waals surface area (Å²) in [5.74, 6) is -0.196. The van der Waals surface area contributed by atoms with Crippen LogP contribution in [0.3, 0.4) is 0 Å². The van der Waals surface area contributed by atoms with E-state index in [1.165, 1.54) is 289 Å². The number of nitrogens with one attached hydrogen (secondary N) is 1. The van der Waals surface area contributed by atoms with Gasteiger partial charge in [-0.15, -0.1) is 0 Å². The Morgan fingerprint density at radius 1 is 0.368 bits per heavy atom. The first kappa shape index (κ1) is 82.1. The molecule has 0 aromatic carbocycles. The SMILES string of the molecule is CCCCCCCCCCCCCCCCCCCCCCCCCCCCCCCCCCCCC(=O)NC(COC1OC(CO)C(OC2OC(CO)C(O)C(O)C2O)C(O)C1O)C(O)CCCCCCCCCCCCCCCCCCCCC. The lowest BCUT2D eigenvalue weighted by molar-refractivity contribution is -0.359. The average Bonchev–Trinajstić information content (AvgIpc) is 2.65. The minimum Gasteiger partial charge on any atom is -0.394 e. The molecule has 87 heavy (non-hydrogen) atoms. The molecule has 2 aliphatic heterocycles. The van der Waals surface area contributed by atoms with Crippen molar-refractivity contribution >= 4 is 5.91 Å². The fourth-order valence-electron chi connectivity index (χ4n) is 13.1. The summed E-state index contributed by atoms with van der Waals surface area (Å²) in [6.45, 7) is 2.93. The maximum absolute atomic E-state index is 13.4. The van der Waals surface area contributed by atoms with Crippen molar-refractivity contribution in [3.8, 4) is 0 Å². The molecule has 518 valence electrons. The van der Waals surface area contributed by atoms with E-state index in [1.54, 1.807) is 0 Å². The van der Waals surface area contributed by atoms with Crippen molar-refractivity contribution in [1.29, 1.82) is 0 Å². The Balaban J connectivity index is 1.59. The van der Waals surface area contributed by atoms with Crippen molar-refractivity contribution in [3.63, 3.8) is 0 Å². The first-order chi connectivity index (χ1) is 42.6. The van der Waals surface area contributed by atoms with Gasteiger partial charge in [-0.1, -0.05) is 348 Å². The fourth-order valence-corrected chi connectivity index (χ4v) is 13.1. The maximum Gasteiger partial charge on any atom is 0.220 e. The largest absolute Gasteiger partial charge is 0.394 e. The summed E-state index contributed by atoms with van der Waals surface area (Å²) in [5.41, 5.74) is 0. The molecule has 0 bridgehead atoms. The number of hydrogen-bond acceptors (Lipinski definition) is 13. The van der Waals surface area contributed by atoms with Crippen molar-refractivity contribution in [3.05, 3.63) is 0 Å². The van der Waals surface area contributed by atoms with Gasteiger partial charge in [0.2, 0.25) is 5.91 Å². The molecular weight excluding hydrogens is 1100 g/mol. The average molecular weight is 1240 g/mol. The second kappa shape index (κ2) is 58.8. The number of aliphatic hydroxyl groups excluding tert-OH is 8. The number of carbonyl (C=O) groups excluding carboxylic acids is 1. The molecule has 0 spiro atoms. The molecule has 2 saturated heterocycles. The monoisotopic (exact) mass is 1240 g/mol. The molecule has 9 N–H and O–H groups in total. The zero-order chi connectivity index (χ0) is 63.1. The van der Waals surface area contributed by atoms with Gasteiger partial charge in [-0.3, -0.25) is 4.79 Å². The predicted octanol–water partition coefficient (Wildman–Crippen LogP) is 16.0. The van der Waals surface area contributed by atoms with Crippen molar-refractivity contribution in [1.82, 2.24) is 5.32 Å². The van der Waals surface area contributed by atoms with E-state index < -0.39 is 86.8 Å². The maximum atomic E-state index is 13.4. The van der Waals surface area contributed by atoms with Crippen molar-refractivity contribution in [2.24, 2.45) is 0 Å². The van der Waals surface area contributed by atoms with Gasteiger partial charge >= 0.3 is 0 Å². The summed E-state index contributed by atoms with van der Waals surface area (Å²) in [4.78, 5) is 13.4. The van der Waals surface area contributed by atoms with Gasteiger partial charge in [0.15, 0.2) is 12.6 Å². The molecule has 12 atom stereocenters. The van der Waals surface area contributed by atoms with Gasteiger partial charge in [0.25, 0.3) is 0 Å². The summed E-state index contributed by atoms with van der Waals surface area (Å²) in [7, 11) is 0. The van der Waals surface area contributed by atoms with E-state index in [0.717, 1.165) is 51.4 Å². The molecular formula is C73H143NO13. The Morgan fingerprint density at radius 2 is 0.655 bits per heavy atom. The highest BCUT2D eigenvalue weighted by molar-refractivity contribution is 5.76. The number of carbonyl (C=O) groups is 1. The predicted molar refractivity (Wildman–Crippen MR) is 356 cm³/mol. The lowest BCUT2D eigenvalue weighted by Gasteiger charge is -2.46. The zero-order valence-electron chi connectivity index (χ0n) is 56.6. The quantitative estimate of drug-likeness (QED) is 0.0259. The Labute approximate surface area is 534 Å². The first-order valence-corrected chi connectivity index (χ1v) is 37.8. The van der Waals surface area contributed by atoms with Crippen molar-refractivity contribution in [2.75, 3.05) is 19.8 Å². The third-order valence-electron chi connectivity index (χ3n) is 19.1. The second-order valence-corrected chi connectivity index (χ2v) is 27.1. The second-order valence-electron chi connectivity index (χ2n) is 27.1. The molecule has 0 aromatic rings. The van der Waals surface area contributed by atoms with E-state index in [9.17, 15) is 45.6 Å². The summed E-state index contributed by atoms with van der Waals surface area (Å²) < 4.78 is 22.9. The summed E-state index contributed by atoms with van der Waals surface area (Å²) in [6.07, 6.45) is 54.3.